The summed E-state index contributed by atoms with van der Waals surface area (Å²) >= 11 is 0. The third-order valence-electron chi connectivity index (χ3n) is 7.05. The third-order valence-corrected chi connectivity index (χ3v) is 8.07. The molecule has 2 unspecified atom stereocenters. The van der Waals surface area contributed by atoms with Crippen molar-refractivity contribution in [3.63, 3.8) is 0 Å². The Bertz CT molecular complexity index is 835. The largest absolute Gasteiger partial charge is 0.481 e. The fraction of sp³-hybridized carbons (Fsp3) is 0.893. The molecular weight excluding hydrogens is 525 g/mol. The molecule has 0 aliphatic heterocycles. The predicted molar refractivity (Wildman–Crippen MR) is 151 cm³/mol. The van der Waals surface area contributed by atoms with Gasteiger partial charge in [0.2, 0.25) is 5.91 Å². The number of carboxylic acid groups (broad SMARTS) is 1. The van der Waals surface area contributed by atoms with Crippen molar-refractivity contribution >= 4 is 25.7 Å². The first-order chi connectivity index (χ1) is 17.6. The highest BCUT2D eigenvalue weighted by molar-refractivity contribution is 7.47. The number of esters is 1. The van der Waals surface area contributed by atoms with E-state index in [0.717, 1.165) is 19.3 Å². The van der Waals surface area contributed by atoms with Gasteiger partial charge in [-0.15, -0.1) is 0 Å². The molecule has 0 saturated carbocycles. The predicted octanol–water partition coefficient (Wildman–Crippen LogP) is 6.11. The molecule has 0 heterocycles. The average molecular weight is 580 g/mol. The first kappa shape index (κ1) is 37.5. The Balaban J connectivity index is 4.88. The van der Waals surface area contributed by atoms with Crippen LogP contribution in [0.5, 0.6) is 0 Å². The van der Waals surface area contributed by atoms with Gasteiger partial charge >= 0.3 is 19.8 Å². The van der Waals surface area contributed by atoms with Gasteiger partial charge in [0.15, 0.2) is 0 Å². The third kappa shape index (κ3) is 17.1. The number of hydrogen-bond acceptors (Lipinski definition) is 7. The molecule has 0 bridgehead atoms. The summed E-state index contributed by atoms with van der Waals surface area (Å²) in [7, 11) is -4.27. The van der Waals surface area contributed by atoms with Crippen molar-refractivity contribution in [1.82, 2.24) is 5.32 Å². The summed E-state index contributed by atoms with van der Waals surface area (Å²) in [5.74, 6) is -1.32. The van der Waals surface area contributed by atoms with Crippen LogP contribution >= 0.6 is 7.82 Å². The summed E-state index contributed by atoms with van der Waals surface area (Å²) in [5, 5.41) is 12.0. The maximum Gasteiger partial charge on any atom is 0.472 e. The Morgan fingerprint density at radius 1 is 0.795 bits per heavy atom. The van der Waals surface area contributed by atoms with E-state index in [1.807, 2.05) is 6.92 Å². The molecule has 0 aliphatic carbocycles. The smallest absolute Gasteiger partial charge is 0.472 e. The number of nitrogens with one attached hydrogen (secondary N) is 1. The molecule has 0 aromatic heterocycles. The Hall–Kier alpha value is -1.48. The van der Waals surface area contributed by atoms with E-state index >= 15 is 0 Å². The molecule has 0 rings (SSSR count). The number of carboxylic acids is 1. The number of carbonyl (C=O) groups excluding carboxylic acids is 2. The quantitative estimate of drug-likeness (QED) is 0.0882. The zero-order valence-corrected chi connectivity index (χ0v) is 26.6. The van der Waals surface area contributed by atoms with Gasteiger partial charge in [-0.3, -0.25) is 23.4 Å². The van der Waals surface area contributed by atoms with Gasteiger partial charge in [0.25, 0.3) is 0 Å². The summed E-state index contributed by atoms with van der Waals surface area (Å²) in [6.07, 6.45) is 4.63. The second kappa shape index (κ2) is 16.1. The normalized spacial score (nSPS) is 15.7. The number of hydrogen-bond donors (Lipinski definition) is 3. The van der Waals surface area contributed by atoms with Crippen LogP contribution in [-0.4, -0.2) is 54.2 Å². The molecule has 230 valence electrons. The molecule has 0 aliphatic rings. The minimum Gasteiger partial charge on any atom is -0.481 e. The number of phosphoric acid groups is 1. The van der Waals surface area contributed by atoms with Gasteiger partial charge in [-0.05, 0) is 70.1 Å². The van der Waals surface area contributed by atoms with Crippen molar-refractivity contribution in [3.8, 4) is 0 Å². The molecule has 0 aromatic carbocycles. The Morgan fingerprint density at radius 2 is 1.33 bits per heavy atom. The molecule has 11 heteroatoms. The van der Waals surface area contributed by atoms with E-state index in [9.17, 15) is 28.9 Å². The summed E-state index contributed by atoms with van der Waals surface area (Å²) in [6, 6.07) is 0. The summed E-state index contributed by atoms with van der Waals surface area (Å²) < 4.78 is 27.3. The molecule has 1 amide bonds. The topological polar surface area (TPSA) is 148 Å². The Kier molecular flexibility index (Phi) is 15.5. The molecule has 0 spiro atoms. The van der Waals surface area contributed by atoms with Crippen LogP contribution in [0.4, 0.5) is 0 Å². The lowest BCUT2D eigenvalue weighted by Gasteiger charge is -2.35. The summed E-state index contributed by atoms with van der Waals surface area (Å²) in [5.41, 5.74) is -1.63. The minimum atomic E-state index is -4.27. The number of aliphatic carboxylic acids is 1. The van der Waals surface area contributed by atoms with E-state index < -0.39 is 24.6 Å². The van der Waals surface area contributed by atoms with E-state index in [1.165, 1.54) is 0 Å². The van der Waals surface area contributed by atoms with E-state index in [1.54, 1.807) is 20.8 Å². The molecule has 0 aromatic rings. The van der Waals surface area contributed by atoms with Crippen molar-refractivity contribution < 1.29 is 42.7 Å². The van der Waals surface area contributed by atoms with Crippen molar-refractivity contribution in [2.75, 3.05) is 26.4 Å². The summed E-state index contributed by atoms with van der Waals surface area (Å²) in [4.78, 5) is 45.6. The highest BCUT2D eigenvalue weighted by Gasteiger charge is 2.38. The molecule has 0 radical (unpaired) electrons. The van der Waals surface area contributed by atoms with Crippen LogP contribution in [0.15, 0.2) is 0 Å². The number of ether oxygens (including phenoxy) is 1. The van der Waals surface area contributed by atoms with Crippen LogP contribution < -0.4 is 5.32 Å². The first-order valence-corrected chi connectivity index (χ1v) is 15.4. The Morgan fingerprint density at radius 3 is 1.87 bits per heavy atom. The van der Waals surface area contributed by atoms with Gasteiger partial charge in [-0.1, -0.05) is 41.5 Å². The zero-order valence-electron chi connectivity index (χ0n) is 25.7. The van der Waals surface area contributed by atoms with Crippen molar-refractivity contribution in [2.45, 2.75) is 114 Å². The van der Waals surface area contributed by atoms with Crippen molar-refractivity contribution in [1.29, 1.82) is 0 Å². The number of carbonyl (C=O) groups is 3. The fourth-order valence-electron chi connectivity index (χ4n) is 3.57. The average Bonchev–Trinajstić information content (AvgIpc) is 2.82. The van der Waals surface area contributed by atoms with E-state index in [-0.39, 0.29) is 55.5 Å². The lowest BCUT2D eigenvalue weighted by molar-refractivity contribution is -0.157. The highest BCUT2D eigenvalue weighted by atomic mass is 31.2. The van der Waals surface area contributed by atoms with Crippen LogP contribution in [0.25, 0.3) is 0 Å². The van der Waals surface area contributed by atoms with Gasteiger partial charge in [-0.25, -0.2) is 4.57 Å². The summed E-state index contributed by atoms with van der Waals surface area (Å²) in [6.45, 7) is 17.5. The van der Waals surface area contributed by atoms with Gasteiger partial charge in [0.05, 0.1) is 30.7 Å². The van der Waals surface area contributed by atoms with Crippen LogP contribution in [-0.2, 0) is 32.7 Å². The van der Waals surface area contributed by atoms with Gasteiger partial charge in [-0.2, -0.15) is 0 Å². The molecule has 39 heavy (non-hydrogen) atoms. The second-order valence-electron chi connectivity index (χ2n) is 13.3. The number of rotatable bonds is 20. The monoisotopic (exact) mass is 579 g/mol. The molecule has 3 N–H and O–H groups in total. The van der Waals surface area contributed by atoms with Crippen LogP contribution in [0.3, 0.4) is 0 Å². The number of phosphoric ester groups is 1. The van der Waals surface area contributed by atoms with E-state index in [0.29, 0.717) is 25.7 Å². The SMILES string of the molecule is CCC(=O)NCCOP(=O)(O)OCCCOC(=O)C(C)(CCC(C)(C)C)CCC(C)(C)CCC(C)(C)C(=O)O. The van der Waals surface area contributed by atoms with Gasteiger partial charge in [0.1, 0.15) is 0 Å². The van der Waals surface area contributed by atoms with Crippen LogP contribution in [0, 0.1) is 21.7 Å². The zero-order chi connectivity index (χ0) is 30.5. The molecule has 10 nitrogen and oxygen atoms in total. The minimum absolute atomic E-state index is 0.0344. The van der Waals surface area contributed by atoms with Gasteiger partial charge in [0, 0.05) is 19.4 Å². The molecular formula is C28H54NO9P. The maximum absolute atomic E-state index is 13.2. The number of amides is 1. The van der Waals surface area contributed by atoms with Crippen LogP contribution in [0.1, 0.15) is 114 Å². The van der Waals surface area contributed by atoms with Gasteiger partial charge < -0.3 is 20.1 Å². The van der Waals surface area contributed by atoms with Crippen molar-refractivity contribution in [2.24, 2.45) is 21.7 Å². The first-order valence-electron chi connectivity index (χ1n) is 13.9. The molecule has 0 fully saturated rings. The fourth-order valence-corrected chi connectivity index (χ4v) is 4.33. The Labute approximate surface area is 235 Å². The molecule has 0 saturated heterocycles. The molecule has 2 atom stereocenters. The van der Waals surface area contributed by atoms with Crippen LogP contribution in [0.2, 0.25) is 0 Å². The van der Waals surface area contributed by atoms with E-state index in [2.05, 4.69) is 39.9 Å². The standard InChI is InChI=1S/C28H54NO9P/c1-10-22(30)29-18-21-38-39(34,35)37-20-11-19-36-24(33)28(9,16-12-25(2,3)4)17-14-26(5,6)13-15-27(7,8)23(31)32/h10-21H2,1-9H3,(H,29,30)(H,31,32)(H,34,35). The second-order valence-corrected chi connectivity index (χ2v) is 14.8. The lowest BCUT2D eigenvalue weighted by Crippen LogP contribution is -2.33. The van der Waals surface area contributed by atoms with E-state index in [4.69, 9.17) is 13.8 Å². The maximum atomic E-state index is 13.2. The van der Waals surface area contributed by atoms with Crippen molar-refractivity contribution in [3.05, 3.63) is 0 Å². The lowest BCUT2D eigenvalue weighted by atomic mass is 9.70. The highest BCUT2D eigenvalue weighted by Crippen LogP contribution is 2.43.